The first-order valence-electron chi connectivity index (χ1n) is 10.6. The van der Waals surface area contributed by atoms with Crippen LogP contribution in [-0.2, 0) is 16.4 Å². The largest absolute Gasteiger partial charge is 0.573 e. The number of anilines is 1. The van der Waals surface area contributed by atoms with Crippen LogP contribution >= 0.6 is 23.2 Å². The lowest BCUT2D eigenvalue weighted by Crippen LogP contribution is -2.44. The highest BCUT2D eigenvalue weighted by molar-refractivity contribution is 7.91. The van der Waals surface area contributed by atoms with E-state index in [1.54, 1.807) is 4.90 Å². The average Bonchev–Trinajstić information content (AvgIpc) is 2.77. The van der Waals surface area contributed by atoms with E-state index in [1.165, 1.54) is 31.2 Å². The van der Waals surface area contributed by atoms with Gasteiger partial charge in [0.25, 0.3) is 5.91 Å². The number of nitrogens with one attached hydrogen (secondary N) is 1. The number of likely N-dealkylation sites (N-methyl/N-ethyl adjacent to an activating group) is 1. The molecule has 0 spiro atoms. The van der Waals surface area contributed by atoms with Gasteiger partial charge in [0.2, 0.25) is 0 Å². The second-order valence-electron chi connectivity index (χ2n) is 7.98. The van der Waals surface area contributed by atoms with Crippen molar-refractivity contribution < 1.29 is 31.1 Å². The van der Waals surface area contributed by atoms with Gasteiger partial charge in [-0.1, -0.05) is 30.1 Å². The predicted octanol–water partition coefficient (Wildman–Crippen LogP) is 4.37. The van der Waals surface area contributed by atoms with Crippen LogP contribution in [0.3, 0.4) is 0 Å². The lowest BCUT2D eigenvalue weighted by atomic mass is 10.1. The fourth-order valence-corrected chi connectivity index (χ4v) is 5.31. The van der Waals surface area contributed by atoms with Gasteiger partial charge in [-0.15, -0.1) is 13.2 Å². The summed E-state index contributed by atoms with van der Waals surface area (Å²) in [6.07, 6.45) is -5.00. The minimum absolute atomic E-state index is 0.00856. The molecular weight excluding hydrogens is 530 g/mol. The molecule has 2 aromatic carbocycles. The van der Waals surface area contributed by atoms with Gasteiger partial charge in [-0.2, -0.15) is 0 Å². The van der Waals surface area contributed by atoms with Crippen LogP contribution in [0.15, 0.2) is 35.2 Å². The molecule has 192 valence electrons. The number of sulfone groups is 1. The van der Waals surface area contributed by atoms with Crippen LogP contribution in [0.1, 0.15) is 22.8 Å². The van der Waals surface area contributed by atoms with Gasteiger partial charge in [0.1, 0.15) is 0 Å². The van der Waals surface area contributed by atoms with Gasteiger partial charge in [-0.25, -0.2) is 8.42 Å². The maximum absolute atomic E-state index is 13.2. The topological polar surface area (TPSA) is 79.0 Å². The van der Waals surface area contributed by atoms with E-state index in [9.17, 15) is 26.4 Å². The van der Waals surface area contributed by atoms with E-state index in [0.717, 1.165) is 6.07 Å². The smallest absolute Gasteiger partial charge is 0.403 e. The molecule has 1 amide bonds. The van der Waals surface area contributed by atoms with Crippen molar-refractivity contribution in [3.8, 4) is 5.75 Å². The molecule has 3 rings (SSSR count). The van der Waals surface area contributed by atoms with E-state index in [2.05, 4.69) is 10.1 Å². The van der Waals surface area contributed by atoms with Crippen LogP contribution in [0, 0.1) is 0 Å². The molecule has 1 N–H and O–H groups in total. The number of carbonyl (C=O) groups excluding carboxylic acids is 1. The van der Waals surface area contributed by atoms with Crippen molar-refractivity contribution in [3.63, 3.8) is 0 Å². The fraction of sp³-hybridized carbons (Fsp3) is 0.409. The maximum atomic E-state index is 13.2. The molecule has 7 nitrogen and oxygen atoms in total. The second kappa shape index (κ2) is 10.8. The molecule has 1 saturated heterocycles. The number of hydrogen-bond donors (Lipinski definition) is 1. The van der Waals surface area contributed by atoms with Gasteiger partial charge in [-0.3, -0.25) is 4.79 Å². The minimum atomic E-state index is -5.00. The van der Waals surface area contributed by atoms with Gasteiger partial charge >= 0.3 is 6.36 Å². The molecule has 0 radical (unpaired) electrons. The molecule has 0 saturated carbocycles. The number of rotatable bonds is 7. The Morgan fingerprint density at radius 2 is 1.77 bits per heavy atom. The van der Waals surface area contributed by atoms with Gasteiger partial charge in [0, 0.05) is 43.3 Å². The van der Waals surface area contributed by atoms with Gasteiger partial charge in [0.05, 0.1) is 21.4 Å². The number of carbonyl (C=O) groups is 1. The molecule has 1 fully saturated rings. The Labute approximate surface area is 211 Å². The molecule has 35 heavy (non-hydrogen) atoms. The molecule has 0 bridgehead atoms. The Morgan fingerprint density at radius 1 is 1.11 bits per heavy atom. The highest BCUT2D eigenvalue weighted by Gasteiger charge is 2.34. The van der Waals surface area contributed by atoms with Crippen molar-refractivity contribution in [2.45, 2.75) is 24.7 Å². The number of nitrogens with zero attached hydrogens (tertiary/aromatic N) is 2. The van der Waals surface area contributed by atoms with Crippen molar-refractivity contribution in [1.29, 1.82) is 0 Å². The molecule has 1 aliphatic rings. The van der Waals surface area contributed by atoms with Crippen LogP contribution in [0.25, 0.3) is 0 Å². The summed E-state index contributed by atoms with van der Waals surface area (Å²) in [5, 5.41) is 2.72. The van der Waals surface area contributed by atoms with Gasteiger partial charge in [-0.05, 0) is 42.9 Å². The second-order valence-corrected chi connectivity index (χ2v) is 11.1. The fourth-order valence-electron chi connectivity index (χ4n) is 3.67. The summed E-state index contributed by atoms with van der Waals surface area (Å²) in [5.41, 5.74) is 0.133. The zero-order valence-electron chi connectivity index (χ0n) is 19.0. The Balaban J connectivity index is 1.90. The van der Waals surface area contributed by atoms with Crippen LogP contribution in [0.5, 0.6) is 5.75 Å². The Bertz CT molecular complexity index is 1200. The van der Waals surface area contributed by atoms with Crippen LogP contribution in [-0.4, -0.2) is 64.6 Å². The Kier molecular flexibility index (Phi) is 8.46. The van der Waals surface area contributed by atoms with E-state index in [1.807, 2.05) is 11.9 Å². The molecule has 13 heteroatoms. The van der Waals surface area contributed by atoms with E-state index in [-0.39, 0.29) is 44.1 Å². The molecule has 0 unspecified atom stereocenters. The standard InChI is InChI=1S/C22H24Cl2F3N3O4S/c1-3-35(32,33)19-5-4-16(23)10-15(19)13-28-21(31)14-11-17(24)20(18(12-14)34-22(25,26)27)30-8-6-29(2)7-9-30/h4-5,10-12H,3,6-9,13H2,1-2H3,(H,28,31). The number of benzene rings is 2. The van der Waals surface area contributed by atoms with Gasteiger partial charge in [0.15, 0.2) is 15.6 Å². The summed E-state index contributed by atoms with van der Waals surface area (Å²) < 4.78 is 68.4. The quantitative estimate of drug-likeness (QED) is 0.548. The number of amides is 1. The predicted molar refractivity (Wildman–Crippen MR) is 128 cm³/mol. The third-order valence-electron chi connectivity index (χ3n) is 5.51. The third-order valence-corrected chi connectivity index (χ3v) is 7.86. The van der Waals surface area contributed by atoms with Crippen molar-refractivity contribution in [1.82, 2.24) is 10.2 Å². The van der Waals surface area contributed by atoms with Crippen LogP contribution < -0.4 is 15.0 Å². The Morgan fingerprint density at radius 3 is 2.37 bits per heavy atom. The number of halogens is 5. The molecule has 2 aromatic rings. The first-order chi connectivity index (χ1) is 16.3. The summed E-state index contributed by atoms with van der Waals surface area (Å²) in [4.78, 5) is 16.5. The van der Waals surface area contributed by atoms with Gasteiger partial charge < -0.3 is 19.9 Å². The summed E-state index contributed by atoms with van der Waals surface area (Å²) in [6, 6.07) is 6.41. The van der Waals surface area contributed by atoms with Crippen molar-refractivity contribution in [3.05, 3.63) is 51.5 Å². The number of alkyl halides is 3. The summed E-state index contributed by atoms with van der Waals surface area (Å²) in [5.74, 6) is -1.50. The minimum Gasteiger partial charge on any atom is -0.403 e. The van der Waals surface area contributed by atoms with Crippen molar-refractivity contribution in [2.24, 2.45) is 0 Å². The molecular formula is C22H24Cl2F3N3O4S. The van der Waals surface area contributed by atoms with E-state index in [4.69, 9.17) is 23.2 Å². The molecule has 0 aliphatic carbocycles. The number of ether oxygens (including phenoxy) is 1. The summed E-state index contributed by atoms with van der Waals surface area (Å²) in [7, 11) is -1.70. The highest BCUT2D eigenvalue weighted by atomic mass is 35.5. The summed E-state index contributed by atoms with van der Waals surface area (Å²) in [6.45, 7) is 3.36. The monoisotopic (exact) mass is 553 g/mol. The first-order valence-corrected chi connectivity index (χ1v) is 13.0. The third kappa shape index (κ3) is 6.93. The van der Waals surface area contributed by atoms with Crippen LogP contribution in [0.4, 0.5) is 18.9 Å². The van der Waals surface area contributed by atoms with Crippen molar-refractivity contribution >= 4 is 44.6 Å². The molecule has 0 aromatic heterocycles. The first kappa shape index (κ1) is 27.4. The zero-order valence-corrected chi connectivity index (χ0v) is 21.3. The Hall–Kier alpha value is -2.21. The maximum Gasteiger partial charge on any atom is 0.573 e. The molecule has 1 heterocycles. The lowest BCUT2D eigenvalue weighted by molar-refractivity contribution is -0.274. The van der Waals surface area contributed by atoms with Crippen LogP contribution in [0.2, 0.25) is 10.0 Å². The normalized spacial score (nSPS) is 15.2. The molecule has 1 aliphatic heterocycles. The lowest BCUT2D eigenvalue weighted by Gasteiger charge is -2.35. The van der Waals surface area contributed by atoms with Crippen molar-refractivity contribution in [2.75, 3.05) is 43.9 Å². The number of piperazine rings is 1. The number of hydrogen-bond acceptors (Lipinski definition) is 6. The van der Waals surface area contributed by atoms with E-state index in [0.29, 0.717) is 26.2 Å². The van der Waals surface area contributed by atoms with E-state index >= 15 is 0 Å². The van der Waals surface area contributed by atoms with E-state index < -0.39 is 27.9 Å². The summed E-state index contributed by atoms with van der Waals surface area (Å²) >= 11 is 12.3. The molecule has 0 atom stereocenters. The SMILES string of the molecule is CCS(=O)(=O)c1ccc(Cl)cc1CNC(=O)c1cc(Cl)c(N2CCN(C)CC2)c(OC(F)(F)F)c1. The zero-order chi connectivity index (χ0) is 26.0. The highest BCUT2D eigenvalue weighted by Crippen LogP contribution is 2.40. The average molecular weight is 554 g/mol.